The first kappa shape index (κ1) is 26.8. The molecule has 0 aliphatic heterocycles. The van der Waals surface area contributed by atoms with Crippen LogP contribution in [0.25, 0.3) is 10.8 Å². The average Bonchev–Trinajstić information content (AvgIpc) is 2.77. The molecule has 0 heterocycles. The predicted molar refractivity (Wildman–Crippen MR) is 122 cm³/mol. The van der Waals surface area contributed by atoms with Crippen LogP contribution in [-0.4, -0.2) is 12.8 Å². The molecule has 3 aromatic carbocycles. The van der Waals surface area contributed by atoms with Crippen LogP contribution in [0.15, 0.2) is 36.4 Å². The molecule has 0 aliphatic carbocycles. The van der Waals surface area contributed by atoms with Gasteiger partial charge in [0.1, 0.15) is 11.6 Å². The molecule has 0 unspecified atom stereocenters. The molecule has 0 aromatic heterocycles. The molecular weight excluding hydrogens is 473 g/mol. The van der Waals surface area contributed by atoms with Crippen molar-refractivity contribution in [1.29, 1.82) is 0 Å². The Morgan fingerprint density at radius 3 is 2.06 bits per heavy atom. The number of unbranched alkanes of at least 4 members (excludes halogenated alkanes) is 4. The van der Waals surface area contributed by atoms with Crippen LogP contribution >= 0.6 is 0 Å². The molecule has 0 atom stereocenters. The summed E-state index contributed by atoms with van der Waals surface area (Å²) in [7, 11) is 0. The lowest BCUT2D eigenvalue weighted by Crippen LogP contribution is -2.20. The first-order chi connectivity index (χ1) is 16.6. The van der Waals surface area contributed by atoms with Crippen LogP contribution in [0.5, 0.6) is 5.75 Å². The highest BCUT2D eigenvalue weighted by atomic mass is 19.4. The Morgan fingerprint density at radius 1 is 0.714 bits per heavy atom. The molecule has 8 heteroatoms. The van der Waals surface area contributed by atoms with E-state index < -0.39 is 41.8 Å². The molecule has 35 heavy (non-hydrogen) atoms. The number of benzene rings is 3. The molecule has 0 fully saturated rings. The van der Waals surface area contributed by atoms with Gasteiger partial charge in [-0.3, -0.25) is 0 Å². The highest BCUT2D eigenvalue weighted by Gasteiger charge is 2.30. The summed E-state index contributed by atoms with van der Waals surface area (Å²) in [4.78, 5) is 0. The highest BCUT2D eigenvalue weighted by molar-refractivity contribution is 5.85. The monoisotopic (exact) mass is 500 g/mol. The van der Waals surface area contributed by atoms with Crippen molar-refractivity contribution in [2.45, 2.75) is 64.5 Å². The zero-order valence-electron chi connectivity index (χ0n) is 19.4. The minimum atomic E-state index is -4.74. The summed E-state index contributed by atoms with van der Waals surface area (Å²) >= 11 is 0. The SMILES string of the molecule is CCCCCCCc1cc(F)c(CCc2ccc3c(F)c(OCC(F)(F)F)c(F)cc3c2)c(F)c1. The quantitative estimate of drug-likeness (QED) is 0.189. The first-order valence-electron chi connectivity index (χ1n) is 11.7. The van der Waals surface area contributed by atoms with Gasteiger partial charge in [-0.2, -0.15) is 13.2 Å². The van der Waals surface area contributed by atoms with E-state index in [2.05, 4.69) is 11.7 Å². The summed E-state index contributed by atoms with van der Waals surface area (Å²) in [5.41, 5.74) is 1.12. The summed E-state index contributed by atoms with van der Waals surface area (Å²) in [6.45, 7) is 0.296. The summed E-state index contributed by atoms with van der Waals surface area (Å²) in [5, 5.41) is -0.0100. The number of halogens is 7. The van der Waals surface area contributed by atoms with E-state index in [1.54, 1.807) is 0 Å². The Bertz CT molecular complexity index is 1130. The maximum absolute atomic E-state index is 14.6. The smallest absolute Gasteiger partial charge is 0.422 e. The number of hydrogen-bond donors (Lipinski definition) is 0. The van der Waals surface area contributed by atoms with Gasteiger partial charge < -0.3 is 4.74 Å². The Morgan fingerprint density at radius 2 is 1.40 bits per heavy atom. The molecule has 0 saturated heterocycles. The summed E-state index contributed by atoms with van der Waals surface area (Å²) < 4.78 is 99.2. The van der Waals surface area contributed by atoms with Gasteiger partial charge in [-0.25, -0.2) is 17.6 Å². The van der Waals surface area contributed by atoms with Crippen molar-refractivity contribution in [3.8, 4) is 5.75 Å². The Balaban J connectivity index is 1.70. The van der Waals surface area contributed by atoms with Gasteiger partial charge in [-0.1, -0.05) is 50.8 Å². The molecule has 190 valence electrons. The first-order valence-corrected chi connectivity index (χ1v) is 11.7. The number of hydrogen-bond acceptors (Lipinski definition) is 1. The van der Waals surface area contributed by atoms with Gasteiger partial charge in [0.2, 0.25) is 0 Å². The van der Waals surface area contributed by atoms with Gasteiger partial charge in [-0.05, 0) is 60.4 Å². The van der Waals surface area contributed by atoms with E-state index in [9.17, 15) is 30.7 Å². The van der Waals surface area contributed by atoms with Crippen LogP contribution < -0.4 is 4.74 Å². The molecule has 1 nitrogen and oxygen atoms in total. The van der Waals surface area contributed by atoms with E-state index in [4.69, 9.17) is 0 Å². The van der Waals surface area contributed by atoms with E-state index >= 15 is 0 Å². The van der Waals surface area contributed by atoms with Crippen molar-refractivity contribution < 1.29 is 35.5 Å². The van der Waals surface area contributed by atoms with Crippen molar-refractivity contribution in [1.82, 2.24) is 0 Å². The number of ether oxygens (including phenoxy) is 1. The Labute approximate surface area is 199 Å². The summed E-state index contributed by atoms with van der Waals surface area (Å²) in [6.07, 6.45) is 1.35. The molecule has 3 aromatic rings. The van der Waals surface area contributed by atoms with Crippen LogP contribution in [0, 0.1) is 23.3 Å². The zero-order valence-corrected chi connectivity index (χ0v) is 19.4. The molecule has 0 amide bonds. The number of fused-ring (bicyclic) bond motifs is 1. The van der Waals surface area contributed by atoms with Crippen molar-refractivity contribution in [2.24, 2.45) is 0 Å². The fourth-order valence-electron chi connectivity index (χ4n) is 4.04. The van der Waals surface area contributed by atoms with E-state index in [0.29, 0.717) is 17.5 Å². The van der Waals surface area contributed by atoms with Gasteiger partial charge in [0.15, 0.2) is 24.0 Å². The Hall–Kier alpha value is -2.77. The molecular formula is C27H27F7O. The van der Waals surface area contributed by atoms with Crippen molar-refractivity contribution in [3.63, 3.8) is 0 Å². The van der Waals surface area contributed by atoms with Gasteiger partial charge >= 0.3 is 6.18 Å². The third kappa shape index (κ3) is 7.36. The second kappa shape index (κ2) is 11.8. The highest BCUT2D eigenvalue weighted by Crippen LogP contribution is 2.32. The van der Waals surface area contributed by atoms with Gasteiger partial charge in [0, 0.05) is 10.9 Å². The minimum absolute atomic E-state index is 0.0394. The normalized spacial score (nSPS) is 11.9. The lowest BCUT2D eigenvalue weighted by Gasteiger charge is -2.13. The molecule has 0 bridgehead atoms. The third-order valence-electron chi connectivity index (χ3n) is 5.86. The fraction of sp³-hybridized carbons (Fsp3) is 0.407. The maximum Gasteiger partial charge on any atom is 0.422 e. The third-order valence-corrected chi connectivity index (χ3v) is 5.86. The van der Waals surface area contributed by atoms with Crippen LogP contribution in [0.3, 0.4) is 0 Å². The van der Waals surface area contributed by atoms with Crippen LogP contribution in [-0.2, 0) is 19.3 Å². The van der Waals surface area contributed by atoms with E-state index in [0.717, 1.165) is 38.2 Å². The molecule has 0 spiro atoms. The summed E-state index contributed by atoms with van der Waals surface area (Å²) in [6, 6.07) is 7.79. The predicted octanol–water partition coefficient (Wildman–Crippen LogP) is 8.64. The fourth-order valence-corrected chi connectivity index (χ4v) is 4.04. The van der Waals surface area contributed by atoms with Crippen LogP contribution in [0.1, 0.15) is 55.7 Å². The summed E-state index contributed by atoms with van der Waals surface area (Å²) in [5.74, 6) is -4.86. The van der Waals surface area contributed by atoms with Crippen LogP contribution in [0.2, 0.25) is 0 Å². The zero-order chi connectivity index (χ0) is 25.6. The standard InChI is InChI=1S/C27H27F7O/c1-2-3-4-5-6-7-18-13-22(28)21(23(29)14-18)11-9-17-8-10-20-19(12-17)15-24(30)26(25(20)31)35-16-27(32,33)34/h8,10,12-15H,2-7,9,11,16H2,1H3. The second-order valence-corrected chi connectivity index (χ2v) is 8.66. The van der Waals surface area contributed by atoms with Gasteiger partial charge in [-0.15, -0.1) is 0 Å². The number of rotatable bonds is 11. The largest absolute Gasteiger partial charge is 0.478 e. The molecule has 0 N–H and O–H groups in total. The average molecular weight is 500 g/mol. The van der Waals surface area contributed by atoms with Crippen LogP contribution in [0.4, 0.5) is 30.7 Å². The van der Waals surface area contributed by atoms with Gasteiger partial charge in [0.25, 0.3) is 0 Å². The topological polar surface area (TPSA) is 9.23 Å². The molecule has 3 rings (SSSR count). The van der Waals surface area contributed by atoms with Crippen molar-refractivity contribution >= 4 is 10.8 Å². The number of aryl methyl sites for hydroxylation is 2. The maximum atomic E-state index is 14.6. The Kier molecular flexibility index (Phi) is 9.03. The minimum Gasteiger partial charge on any atom is -0.478 e. The van der Waals surface area contributed by atoms with Gasteiger partial charge in [0.05, 0.1) is 0 Å². The molecule has 0 saturated carbocycles. The number of alkyl halides is 3. The van der Waals surface area contributed by atoms with E-state index in [1.807, 2.05) is 0 Å². The molecule has 0 radical (unpaired) electrons. The van der Waals surface area contributed by atoms with Crippen molar-refractivity contribution in [2.75, 3.05) is 6.61 Å². The van der Waals surface area contributed by atoms with E-state index in [-0.39, 0.29) is 29.2 Å². The second-order valence-electron chi connectivity index (χ2n) is 8.66. The molecule has 0 aliphatic rings. The van der Waals surface area contributed by atoms with E-state index in [1.165, 1.54) is 30.3 Å². The lowest BCUT2D eigenvalue weighted by molar-refractivity contribution is -0.154. The lowest BCUT2D eigenvalue weighted by atomic mass is 9.98. The van der Waals surface area contributed by atoms with Crippen molar-refractivity contribution in [3.05, 3.63) is 76.4 Å².